The minimum atomic E-state index is -4.56. The lowest BCUT2D eigenvalue weighted by Crippen LogP contribution is -2.29. The molecule has 6 nitrogen and oxygen atoms in total. The second-order valence-corrected chi connectivity index (χ2v) is 10.1. The number of pyridine rings is 1. The number of carbonyl (C=O) groups excluding carboxylic acids is 1. The number of aromatic nitrogens is 1. The summed E-state index contributed by atoms with van der Waals surface area (Å²) in [5, 5.41) is 0.759. The molecule has 0 aliphatic carbocycles. The van der Waals surface area contributed by atoms with Crippen molar-refractivity contribution in [3.05, 3.63) is 87.7 Å². The first kappa shape index (κ1) is 25.8. The molecule has 0 saturated carbocycles. The molecule has 0 atom stereocenters. The highest BCUT2D eigenvalue weighted by Gasteiger charge is 2.32. The van der Waals surface area contributed by atoms with Crippen molar-refractivity contribution in [2.24, 2.45) is 0 Å². The molecule has 0 bridgehead atoms. The van der Waals surface area contributed by atoms with E-state index in [2.05, 4.69) is 4.98 Å². The number of nitrogens with zero attached hydrogens (tertiary/aromatic N) is 3. The van der Waals surface area contributed by atoms with E-state index >= 15 is 0 Å². The van der Waals surface area contributed by atoms with Crippen LogP contribution in [0.4, 0.5) is 24.5 Å². The third-order valence-corrected chi connectivity index (χ3v) is 6.53. The van der Waals surface area contributed by atoms with E-state index in [0.717, 1.165) is 22.8 Å². The molecule has 0 radical (unpaired) electrons. The quantitative estimate of drug-likeness (QED) is 0.358. The highest BCUT2D eigenvalue weighted by molar-refractivity contribution is 7.92. The number of carbonyl (C=O) groups is 1. The van der Waals surface area contributed by atoms with Gasteiger partial charge in [-0.1, -0.05) is 29.3 Å². The van der Waals surface area contributed by atoms with Crippen molar-refractivity contribution in [2.75, 3.05) is 15.5 Å². The summed E-state index contributed by atoms with van der Waals surface area (Å²) in [6.07, 6.45) is -1.94. The molecule has 0 saturated heterocycles. The summed E-state index contributed by atoms with van der Waals surface area (Å²) in [5.74, 6) is 0. The molecule has 1 aromatic heterocycles. The number of halogens is 5. The smallest absolute Gasteiger partial charge is 0.311 e. The lowest BCUT2D eigenvalue weighted by atomic mass is 10.2. The standard InChI is InChI=1S/C22H18Cl2F3N3O3S/c1-34(32,33)30(13-16-10-17(23)3-8-20(16)24)19-6-4-18(5-7-19)29(14-31)12-15-2-9-21(28-11-15)22(25,26)27/h2-11,14H,12-13H2,1H3. The Morgan fingerprint density at radius 1 is 0.971 bits per heavy atom. The monoisotopic (exact) mass is 531 g/mol. The molecule has 180 valence electrons. The Labute approximate surface area is 204 Å². The zero-order chi connectivity index (χ0) is 25.1. The van der Waals surface area contributed by atoms with E-state index in [-0.39, 0.29) is 13.1 Å². The molecule has 1 heterocycles. The summed E-state index contributed by atoms with van der Waals surface area (Å²) in [6, 6.07) is 12.9. The number of rotatable bonds is 8. The predicted octanol–water partition coefficient (Wildman–Crippen LogP) is 5.54. The highest BCUT2D eigenvalue weighted by atomic mass is 35.5. The maximum absolute atomic E-state index is 12.7. The Morgan fingerprint density at radius 3 is 2.15 bits per heavy atom. The third-order valence-electron chi connectivity index (χ3n) is 4.79. The minimum Gasteiger partial charge on any atom is -0.311 e. The topological polar surface area (TPSA) is 70.6 Å². The van der Waals surface area contributed by atoms with E-state index in [4.69, 9.17) is 23.2 Å². The average Bonchev–Trinajstić information content (AvgIpc) is 2.77. The molecule has 0 aliphatic rings. The van der Waals surface area contributed by atoms with Crippen LogP contribution in [0, 0.1) is 0 Å². The summed E-state index contributed by atoms with van der Waals surface area (Å²) in [7, 11) is -3.70. The molecule has 3 rings (SSSR count). The van der Waals surface area contributed by atoms with E-state index in [0.29, 0.717) is 39.0 Å². The van der Waals surface area contributed by atoms with Gasteiger partial charge in [-0.25, -0.2) is 8.42 Å². The molecule has 0 spiro atoms. The Kier molecular flexibility index (Phi) is 7.74. The molecule has 0 unspecified atom stereocenters. The van der Waals surface area contributed by atoms with Crippen molar-refractivity contribution in [1.29, 1.82) is 0 Å². The van der Waals surface area contributed by atoms with Crippen molar-refractivity contribution >= 4 is 51.0 Å². The summed E-state index contributed by atoms with van der Waals surface area (Å²) >= 11 is 12.2. The van der Waals surface area contributed by atoms with E-state index in [1.807, 2.05) is 0 Å². The van der Waals surface area contributed by atoms with Crippen LogP contribution in [0.3, 0.4) is 0 Å². The van der Waals surface area contributed by atoms with Gasteiger partial charge in [-0.05, 0) is 59.7 Å². The molecule has 34 heavy (non-hydrogen) atoms. The van der Waals surface area contributed by atoms with Crippen LogP contribution in [0.1, 0.15) is 16.8 Å². The predicted molar refractivity (Wildman–Crippen MR) is 125 cm³/mol. The Hall–Kier alpha value is -2.82. The largest absolute Gasteiger partial charge is 0.433 e. The van der Waals surface area contributed by atoms with Gasteiger partial charge in [-0.15, -0.1) is 0 Å². The minimum absolute atomic E-state index is 0.0259. The second-order valence-electron chi connectivity index (χ2n) is 7.30. The van der Waals surface area contributed by atoms with Gasteiger partial charge in [0.1, 0.15) is 5.69 Å². The van der Waals surface area contributed by atoms with Crippen LogP contribution in [-0.4, -0.2) is 26.1 Å². The molecular weight excluding hydrogens is 514 g/mol. The molecule has 2 aromatic carbocycles. The number of anilines is 2. The zero-order valence-electron chi connectivity index (χ0n) is 17.6. The Morgan fingerprint density at radius 2 is 1.62 bits per heavy atom. The average molecular weight is 532 g/mol. The fourth-order valence-electron chi connectivity index (χ4n) is 3.10. The SMILES string of the molecule is CS(=O)(=O)N(Cc1cc(Cl)ccc1Cl)c1ccc(N(C=O)Cc2ccc(C(F)(F)F)nc2)cc1. The third kappa shape index (κ3) is 6.40. The van der Waals surface area contributed by atoms with Crippen LogP contribution in [0.25, 0.3) is 0 Å². The van der Waals surface area contributed by atoms with Gasteiger partial charge in [0.2, 0.25) is 16.4 Å². The highest BCUT2D eigenvalue weighted by Crippen LogP contribution is 2.29. The molecule has 0 aliphatic heterocycles. The van der Waals surface area contributed by atoms with Gasteiger partial charge in [0.15, 0.2) is 0 Å². The number of alkyl halides is 3. The van der Waals surface area contributed by atoms with Crippen molar-refractivity contribution in [1.82, 2.24) is 4.98 Å². The molecule has 0 fully saturated rings. The van der Waals surface area contributed by atoms with E-state index in [1.165, 1.54) is 35.2 Å². The summed E-state index contributed by atoms with van der Waals surface area (Å²) in [4.78, 5) is 16.3. The number of hydrogen-bond acceptors (Lipinski definition) is 4. The van der Waals surface area contributed by atoms with Crippen LogP contribution in [0.15, 0.2) is 60.8 Å². The molecule has 3 aromatic rings. The van der Waals surface area contributed by atoms with Gasteiger partial charge in [-0.2, -0.15) is 13.2 Å². The molecule has 0 N–H and O–H groups in total. The van der Waals surface area contributed by atoms with Gasteiger partial charge in [-0.3, -0.25) is 14.1 Å². The number of amides is 1. The maximum Gasteiger partial charge on any atom is 0.433 e. The Bertz CT molecular complexity index is 1270. The van der Waals surface area contributed by atoms with E-state index < -0.39 is 21.9 Å². The van der Waals surface area contributed by atoms with Crippen LogP contribution < -0.4 is 9.21 Å². The second kappa shape index (κ2) is 10.2. The fourth-order valence-corrected chi connectivity index (χ4v) is 4.35. The summed E-state index contributed by atoms with van der Waals surface area (Å²) in [6.45, 7) is -0.0892. The number of sulfonamides is 1. The first-order valence-electron chi connectivity index (χ1n) is 9.64. The normalized spacial score (nSPS) is 11.8. The molecular formula is C22H18Cl2F3N3O3S. The van der Waals surface area contributed by atoms with Gasteiger partial charge in [0.25, 0.3) is 0 Å². The summed E-state index contributed by atoms with van der Waals surface area (Å²) < 4.78 is 64.1. The van der Waals surface area contributed by atoms with Gasteiger partial charge in [0, 0.05) is 21.9 Å². The van der Waals surface area contributed by atoms with Crippen molar-refractivity contribution in [3.8, 4) is 0 Å². The lowest BCUT2D eigenvalue weighted by Gasteiger charge is -2.24. The first-order chi connectivity index (χ1) is 15.9. The number of benzene rings is 2. The number of hydrogen-bond donors (Lipinski definition) is 0. The van der Waals surface area contributed by atoms with Crippen LogP contribution in [-0.2, 0) is 34.1 Å². The van der Waals surface area contributed by atoms with Crippen molar-refractivity contribution in [2.45, 2.75) is 19.3 Å². The first-order valence-corrected chi connectivity index (χ1v) is 12.2. The fraction of sp³-hybridized carbons (Fsp3) is 0.182. The Balaban J connectivity index is 1.83. The van der Waals surface area contributed by atoms with E-state index in [9.17, 15) is 26.4 Å². The van der Waals surface area contributed by atoms with Gasteiger partial charge >= 0.3 is 6.18 Å². The van der Waals surface area contributed by atoms with Crippen LogP contribution >= 0.6 is 23.2 Å². The molecule has 12 heteroatoms. The summed E-state index contributed by atoms with van der Waals surface area (Å²) in [5.41, 5.74) is 0.599. The van der Waals surface area contributed by atoms with Crippen LogP contribution in [0.5, 0.6) is 0 Å². The van der Waals surface area contributed by atoms with Gasteiger partial charge < -0.3 is 4.90 Å². The van der Waals surface area contributed by atoms with E-state index in [1.54, 1.807) is 18.2 Å². The lowest BCUT2D eigenvalue weighted by molar-refractivity contribution is -0.141. The van der Waals surface area contributed by atoms with Gasteiger partial charge in [0.05, 0.1) is 25.0 Å². The zero-order valence-corrected chi connectivity index (χ0v) is 20.0. The van der Waals surface area contributed by atoms with Crippen molar-refractivity contribution < 1.29 is 26.4 Å². The molecule has 1 amide bonds. The maximum atomic E-state index is 12.7. The van der Waals surface area contributed by atoms with Crippen LogP contribution in [0.2, 0.25) is 10.0 Å². The van der Waals surface area contributed by atoms with Crippen molar-refractivity contribution in [3.63, 3.8) is 0 Å².